The summed E-state index contributed by atoms with van der Waals surface area (Å²) in [5, 5.41) is 18.6. The van der Waals surface area contributed by atoms with Crippen LogP contribution in [0, 0.1) is 12.8 Å². The van der Waals surface area contributed by atoms with Crippen molar-refractivity contribution in [1.29, 1.82) is 0 Å². The van der Waals surface area contributed by atoms with Crippen molar-refractivity contribution in [2.75, 3.05) is 32.8 Å². The number of ether oxygens (including phenoxy) is 1. The van der Waals surface area contributed by atoms with Crippen LogP contribution in [0.5, 0.6) is 5.75 Å². The predicted molar refractivity (Wildman–Crippen MR) is 173 cm³/mol. The molecule has 3 atom stereocenters. The number of likely N-dealkylation sites (tertiary alicyclic amines) is 1. The van der Waals surface area contributed by atoms with Crippen LogP contribution >= 0.6 is 0 Å². The van der Waals surface area contributed by atoms with Crippen LogP contribution in [0.3, 0.4) is 0 Å². The van der Waals surface area contributed by atoms with E-state index in [2.05, 4.69) is 16.0 Å². The molecule has 5 rings (SSSR count). The van der Waals surface area contributed by atoms with Gasteiger partial charge in [0, 0.05) is 32.7 Å². The number of benzene rings is 2. The summed E-state index contributed by atoms with van der Waals surface area (Å²) in [6.45, 7) is 4.62. The Morgan fingerprint density at radius 3 is 2.57 bits per heavy atom. The number of carbonyl (C=O) groups excluding carboxylic acids is 4. The topological polar surface area (TPSA) is 140 Å². The summed E-state index contributed by atoms with van der Waals surface area (Å²) in [7, 11) is 0. The number of aliphatic hydroxyl groups is 1. The zero-order valence-electron chi connectivity index (χ0n) is 26.7. The van der Waals surface area contributed by atoms with E-state index in [1.54, 1.807) is 9.80 Å². The highest BCUT2D eigenvalue weighted by atomic mass is 16.5. The van der Waals surface area contributed by atoms with E-state index >= 15 is 0 Å². The maximum Gasteiger partial charge on any atom is 0.318 e. The summed E-state index contributed by atoms with van der Waals surface area (Å²) >= 11 is 0. The van der Waals surface area contributed by atoms with Crippen molar-refractivity contribution in [2.24, 2.45) is 5.92 Å². The lowest BCUT2D eigenvalue weighted by Crippen LogP contribution is -2.57. The maximum atomic E-state index is 13.9. The second-order valence-corrected chi connectivity index (χ2v) is 12.8. The third kappa shape index (κ3) is 9.22. The number of amides is 5. The van der Waals surface area contributed by atoms with Crippen molar-refractivity contribution in [3.8, 4) is 5.75 Å². The van der Waals surface area contributed by atoms with E-state index in [0.717, 1.165) is 41.7 Å². The van der Waals surface area contributed by atoms with Crippen LogP contribution in [0.2, 0.25) is 0 Å². The van der Waals surface area contributed by atoms with Gasteiger partial charge in [0.15, 0.2) is 0 Å². The number of nitrogens with zero attached hydrogens (tertiary/aromatic N) is 2. The average molecular weight is 634 g/mol. The summed E-state index contributed by atoms with van der Waals surface area (Å²) in [6, 6.07) is 13.0. The van der Waals surface area contributed by atoms with Crippen LogP contribution in [-0.4, -0.2) is 89.6 Å². The molecule has 2 aromatic carbocycles. The fourth-order valence-corrected chi connectivity index (χ4v) is 6.42. The molecule has 4 N–H and O–H groups in total. The van der Waals surface area contributed by atoms with Gasteiger partial charge in [0.2, 0.25) is 17.7 Å². The molecule has 11 nitrogen and oxygen atoms in total. The normalized spacial score (nSPS) is 23.8. The van der Waals surface area contributed by atoms with E-state index in [0.29, 0.717) is 58.5 Å². The smallest absolute Gasteiger partial charge is 0.318 e. The van der Waals surface area contributed by atoms with Gasteiger partial charge in [-0.2, -0.15) is 0 Å². The standard InChI is InChI=1S/C35H47N5O6/c1-24-9-11-29-20-27(24)22-36-33(43)30(12-10-25-6-3-2-4-7-25)37-34(44)31(38-35(45)39-17-13-28(41)14-18-39)21-32(42)40-16-5-8-26(23-40)15-19-46-29/h2-4,6-7,9,11,20,26,28,30-31,41H,5,8,10,12-19,21-23H2,1H3,(H,36,43)(H,37,44)(H,38,45)/t26?,30-,31-/m0/s1. The number of fused-ring (bicyclic) bond motifs is 4. The van der Waals surface area contributed by atoms with Gasteiger partial charge >= 0.3 is 6.03 Å². The molecule has 0 saturated carbocycles. The summed E-state index contributed by atoms with van der Waals surface area (Å²) < 4.78 is 6.10. The van der Waals surface area contributed by atoms with Crippen LogP contribution in [0.25, 0.3) is 0 Å². The minimum absolute atomic E-state index is 0.213. The SMILES string of the molecule is Cc1ccc2cc1CNC(=O)[C@H](CCc1ccccc1)NC(=O)[C@@H](NC(=O)N1CCC(O)CC1)CC(=O)N1CCCC(CCO2)C1. The number of urea groups is 1. The molecule has 3 aliphatic rings. The van der Waals surface area contributed by atoms with Gasteiger partial charge in [-0.3, -0.25) is 14.4 Å². The van der Waals surface area contributed by atoms with Gasteiger partial charge in [0.1, 0.15) is 17.8 Å². The van der Waals surface area contributed by atoms with Gasteiger partial charge in [-0.05, 0) is 86.6 Å². The molecule has 2 aromatic rings. The zero-order chi connectivity index (χ0) is 32.5. The Morgan fingerprint density at radius 2 is 1.78 bits per heavy atom. The van der Waals surface area contributed by atoms with Crippen LogP contribution in [-0.2, 0) is 27.3 Å². The fourth-order valence-electron chi connectivity index (χ4n) is 6.42. The molecule has 0 radical (unpaired) electrons. The second-order valence-electron chi connectivity index (χ2n) is 12.8. The molecule has 3 aliphatic heterocycles. The lowest BCUT2D eigenvalue weighted by atomic mass is 9.94. The average Bonchev–Trinajstić information content (AvgIpc) is 3.06. The molecule has 5 amide bonds. The van der Waals surface area contributed by atoms with E-state index in [9.17, 15) is 24.3 Å². The van der Waals surface area contributed by atoms with Crippen molar-refractivity contribution >= 4 is 23.8 Å². The predicted octanol–water partition coefficient (Wildman–Crippen LogP) is 2.67. The Kier molecular flexibility index (Phi) is 11.5. The lowest BCUT2D eigenvalue weighted by molar-refractivity contribution is -0.137. The van der Waals surface area contributed by atoms with Gasteiger partial charge in [-0.25, -0.2) is 4.79 Å². The maximum absolute atomic E-state index is 13.9. The number of aryl methyl sites for hydroxylation is 2. The van der Waals surface area contributed by atoms with Gasteiger partial charge in [-0.15, -0.1) is 0 Å². The summed E-state index contributed by atoms with van der Waals surface area (Å²) in [5.41, 5.74) is 2.96. The molecular formula is C35H47N5O6. The molecule has 3 heterocycles. The molecule has 2 saturated heterocycles. The van der Waals surface area contributed by atoms with Gasteiger partial charge in [0.05, 0.1) is 19.1 Å². The van der Waals surface area contributed by atoms with E-state index in [1.165, 1.54) is 0 Å². The van der Waals surface area contributed by atoms with Gasteiger partial charge in [-0.1, -0.05) is 36.4 Å². The van der Waals surface area contributed by atoms with Crippen LogP contribution < -0.4 is 20.7 Å². The first-order chi connectivity index (χ1) is 22.2. The largest absolute Gasteiger partial charge is 0.494 e. The second kappa shape index (κ2) is 15.9. The highest BCUT2D eigenvalue weighted by molar-refractivity contribution is 5.94. The minimum atomic E-state index is -1.17. The minimum Gasteiger partial charge on any atom is -0.494 e. The third-order valence-corrected chi connectivity index (χ3v) is 9.38. The Labute approximate surface area is 271 Å². The Bertz CT molecular complexity index is 1360. The molecule has 0 spiro atoms. The summed E-state index contributed by atoms with van der Waals surface area (Å²) in [6.07, 6.45) is 3.73. The number of carbonyl (C=O) groups is 4. The molecule has 248 valence electrons. The molecule has 11 heteroatoms. The first kappa shape index (κ1) is 33.2. The zero-order valence-corrected chi connectivity index (χ0v) is 26.7. The molecule has 1 unspecified atom stereocenters. The lowest BCUT2D eigenvalue weighted by Gasteiger charge is -2.34. The highest BCUT2D eigenvalue weighted by Crippen LogP contribution is 2.23. The third-order valence-electron chi connectivity index (χ3n) is 9.38. The Balaban J connectivity index is 1.39. The fraction of sp³-hybridized carbons (Fsp3) is 0.543. The first-order valence-electron chi connectivity index (χ1n) is 16.6. The van der Waals surface area contributed by atoms with E-state index < -0.39 is 30.1 Å². The molecular weight excluding hydrogens is 586 g/mol. The number of rotatable bonds is 4. The number of piperidine rings is 2. The number of aliphatic hydroxyl groups excluding tert-OH is 1. The monoisotopic (exact) mass is 633 g/mol. The van der Waals surface area contributed by atoms with Crippen molar-refractivity contribution in [3.63, 3.8) is 0 Å². The summed E-state index contributed by atoms with van der Waals surface area (Å²) in [4.78, 5) is 57.8. The number of nitrogens with one attached hydrogen (secondary N) is 3. The Morgan fingerprint density at radius 1 is 1.00 bits per heavy atom. The molecule has 0 aliphatic carbocycles. The van der Waals surface area contributed by atoms with Crippen molar-refractivity contribution in [3.05, 3.63) is 65.2 Å². The van der Waals surface area contributed by atoms with Crippen molar-refractivity contribution in [1.82, 2.24) is 25.8 Å². The van der Waals surface area contributed by atoms with E-state index in [4.69, 9.17) is 4.74 Å². The number of hydrogen-bond acceptors (Lipinski definition) is 6. The Hall–Kier alpha value is -4.12. The van der Waals surface area contributed by atoms with Crippen LogP contribution in [0.15, 0.2) is 48.5 Å². The van der Waals surface area contributed by atoms with Crippen molar-refractivity contribution < 1.29 is 29.0 Å². The first-order valence-corrected chi connectivity index (χ1v) is 16.6. The van der Waals surface area contributed by atoms with E-state index in [1.807, 2.05) is 55.5 Å². The van der Waals surface area contributed by atoms with E-state index in [-0.39, 0.29) is 30.7 Å². The molecule has 46 heavy (non-hydrogen) atoms. The quantitative estimate of drug-likeness (QED) is 0.408. The molecule has 0 aromatic heterocycles. The summed E-state index contributed by atoms with van der Waals surface area (Å²) in [5.74, 6) is -0.139. The van der Waals surface area contributed by atoms with Crippen LogP contribution in [0.1, 0.15) is 61.6 Å². The molecule has 2 fully saturated rings. The highest BCUT2D eigenvalue weighted by Gasteiger charge is 2.33. The van der Waals surface area contributed by atoms with Crippen LogP contribution in [0.4, 0.5) is 4.79 Å². The number of hydrogen-bond donors (Lipinski definition) is 4. The van der Waals surface area contributed by atoms with Gasteiger partial charge < -0.3 is 35.6 Å². The molecule has 4 bridgehead atoms. The van der Waals surface area contributed by atoms with Crippen molar-refractivity contribution in [2.45, 2.75) is 83.0 Å². The van der Waals surface area contributed by atoms with Gasteiger partial charge in [0.25, 0.3) is 0 Å².